The smallest absolute Gasteiger partial charge is 0.338 e. The highest BCUT2D eigenvalue weighted by molar-refractivity contribution is 5.89. The lowest BCUT2D eigenvalue weighted by molar-refractivity contribution is -0.140. The third-order valence-electron chi connectivity index (χ3n) is 5.33. The number of hydrogen-bond donors (Lipinski definition) is 3. The van der Waals surface area contributed by atoms with E-state index >= 15 is 0 Å². The molecule has 0 saturated heterocycles. The summed E-state index contributed by atoms with van der Waals surface area (Å²) < 4.78 is 9.56. The first-order valence-electron chi connectivity index (χ1n) is 12.4. The Balaban J connectivity index is 1.98. The second-order valence-electron chi connectivity index (χ2n) is 8.30. The average molecular weight is 476 g/mol. The standard InChI is InChI=1S/C27H41NO6/c1-33-26(31)15-13-11-9-7-5-3-2-4-6-8-10-12-14-20-28-24-18-16-23(17-19-24)27(32)34-22-25(30)21-29/h16-19,25,28-30H,2-7,9,11-15,20-22H2,1H3. The molecule has 34 heavy (non-hydrogen) atoms. The SMILES string of the molecule is COC(=O)CCCCCCCCCCC#CCCCNc1ccc(C(=O)OCC(O)CO)cc1. The van der Waals surface area contributed by atoms with Gasteiger partial charge in [-0.05, 0) is 43.5 Å². The fraction of sp³-hybridized carbons (Fsp3) is 0.630. The molecule has 0 spiro atoms. The van der Waals surface area contributed by atoms with Crippen LogP contribution in [0.2, 0.25) is 0 Å². The van der Waals surface area contributed by atoms with E-state index in [0.717, 1.165) is 50.8 Å². The first-order valence-corrected chi connectivity index (χ1v) is 12.4. The number of nitrogens with one attached hydrogen (secondary N) is 1. The molecule has 1 rings (SSSR count). The molecule has 0 fully saturated rings. The average Bonchev–Trinajstić information content (AvgIpc) is 2.86. The lowest BCUT2D eigenvalue weighted by Gasteiger charge is -2.09. The van der Waals surface area contributed by atoms with Crippen LogP contribution in [0, 0.1) is 11.8 Å². The summed E-state index contributed by atoms with van der Waals surface area (Å²) in [5.74, 6) is 5.86. The highest BCUT2D eigenvalue weighted by atomic mass is 16.5. The van der Waals surface area contributed by atoms with E-state index in [4.69, 9.17) is 9.84 Å². The predicted molar refractivity (Wildman–Crippen MR) is 134 cm³/mol. The summed E-state index contributed by atoms with van der Waals surface area (Å²) in [6.45, 7) is 0.140. The van der Waals surface area contributed by atoms with Gasteiger partial charge in [0.2, 0.25) is 0 Å². The molecule has 1 atom stereocenters. The van der Waals surface area contributed by atoms with Crippen LogP contribution in [0.3, 0.4) is 0 Å². The van der Waals surface area contributed by atoms with Crippen LogP contribution in [-0.4, -0.2) is 55.1 Å². The van der Waals surface area contributed by atoms with Gasteiger partial charge < -0.3 is 25.0 Å². The highest BCUT2D eigenvalue weighted by Crippen LogP contribution is 2.12. The number of esters is 2. The van der Waals surface area contributed by atoms with Crippen molar-refractivity contribution in [1.82, 2.24) is 0 Å². The summed E-state index contributed by atoms with van der Waals surface area (Å²) in [5, 5.41) is 21.3. The summed E-state index contributed by atoms with van der Waals surface area (Å²) in [7, 11) is 1.44. The van der Waals surface area contributed by atoms with Crippen LogP contribution in [0.25, 0.3) is 0 Å². The Bertz CT molecular complexity index is 738. The van der Waals surface area contributed by atoms with E-state index in [1.807, 2.05) is 12.1 Å². The Morgan fingerprint density at radius 1 is 0.912 bits per heavy atom. The second-order valence-corrected chi connectivity index (χ2v) is 8.30. The zero-order valence-corrected chi connectivity index (χ0v) is 20.5. The van der Waals surface area contributed by atoms with Gasteiger partial charge in [0.1, 0.15) is 12.7 Å². The Labute approximate surface area is 204 Å². The molecular formula is C27H41NO6. The topological polar surface area (TPSA) is 105 Å². The van der Waals surface area contributed by atoms with Crippen LogP contribution in [0.1, 0.15) is 87.4 Å². The lowest BCUT2D eigenvalue weighted by atomic mass is 10.1. The maximum absolute atomic E-state index is 11.8. The predicted octanol–water partition coefficient (Wildman–Crippen LogP) is 4.47. The highest BCUT2D eigenvalue weighted by Gasteiger charge is 2.10. The fourth-order valence-corrected chi connectivity index (χ4v) is 3.26. The van der Waals surface area contributed by atoms with Gasteiger partial charge in [-0.2, -0.15) is 0 Å². The van der Waals surface area contributed by atoms with Crippen LogP contribution < -0.4 is 5.32 Å². The molecule has 0 aliphatic carbocycles. The molecule has 1 aromatic carbocycles. The number of rotatable bonds is 18. The summed E-state index contributed by atoms with van der Waals surface area (Å²) in [6.07, 6.45) is 11.6. The molecule has 0 aliphatic rings. The Morgan fingerprint density at radius 3 is 2.12 bits per heavy atom. The maximum Gasteiger partial charge on any atom is 0.338 e. The molecule has 190 valence electrons. The quantitative estimate of drug-likeness (QED) is 0.163. The molecule has 0 heterocycles. The molecule has 7 nitrogen and oxygen atoms in total. The van der Waals surface area contributed by atoms with E-state index in [1.54, 1.807) is 12.1 Å². The van der Waals surface area contributed by atoms with Crippen molar-refractivity contribution < 1.29 is 29.3 Å². The van der Waals surface area contributed by atoms with Gasteiger partial charge in [0, 0.05) is 31.5 Å². The molecule has 1 unspecified atom stereocenters. The number of aliphatic hydroxyl groups is 2. The van der Waals surface area contributed by atoms with Crippen molar-refractivity contribution in [1.29, 1.82) is 0 Å². The molecule has 0 aliphatic heterocycles. The fourth-order valence-electron chi connectivity index (χ4n) is 3.26. The Morgan fingerprint density at radius 2 is 1.50 bits per heavy atom. The maximum atomic E-state index is 11.8. The largest absolute Gasteiger partial charge is 0.469 e. The van der Waals surface area contributed by atoms with E-state index in [2.05, 4.69) is 21.9 Å². The lowest BCUT2D eigenvalue weighted by Crippen LogP contribution is -2.21. The van der Waals surface area contributed by atoms with Crippen molar-refractivity contribution in [3.8, 4) is 11.8 Å². The van der Waals surface area contributed by atoms with Crippen molar-refractivity contribution in [2.45, 2.75) is 83.2 Å². The molecule has 3 N–H and O–H groups in total. The number of anilines is 1. The number of methoxy groups -OCH3 is 1. The van der Waals surface area contributed by atoms with E-state index in [-0.39, 0.29) is 12.6 Å². The van der Waals surface area contributed by atoms with Gasteiger partial charge in [0.25, 0.3) is 0 Å². The van der Waals surface area contributed by atoms with Crippen LogP contribution in [0.15, 0.2) is 24.3 Å². The molecule has 0 aromatic heterocycles. The third kappa shape index (κ3) is 15.3. The normalized spacial score (nSPS) is 11.3. The van der Waals surface area contributed by atoms with Gasteiger partial charge in [0.15, 0.2) is 0 Å². The number of unbranched alkanes of at least 4 members (excludes halogenated alkanes) is 9. The van der Waals surface area contributed by atoms with Crippen LogP contribution >= 0.6 is 0 Å². The molecule has 0 bridgehead atoms. The minimum Gasteiger partial charge on any atom is -0.469 e. The van der Waals surface area contributed by atoms with Crippen LogP contribution in [0.4, 0.5) is 5.69 Å². The van der Waals surface area contributed by atoms with E-state index in [0.29, 0.717) is 12.0 Å². The van der Waals surface area contributed by atoms with E-state index in [9.17, 15) is 14.7 Å². The zero-order chi connectivity index (χ0) is 24.9. The Hall–Kier alpha value is -2.56. The van der Waals surface area contributed by atoms with Crippen molar-refractivity contribution in [3.63, 3.8) is 0 Å². The summed E-state index contributed by atoms with van der Waals surface area (Å²) >= 11 is 0. The van der Waals surface area contributed by atoms with Crippen LogP contribution in [0.5, 0.6) is 0 Å². The van der Waals surface area contributed by atoms with Gasteiger partial charge in [-0.25, -0.2) is 4.79 Å². The molecular weight excluding hydrogens is 434 g/mol. The van der Waals surface area contributed by atoms with Crippen molar-refractivity contribution >= 4 is 17.6 Å². The number of ether oxygens (including phenoxy) is 2. The zero-order valence-electron chi connectivity index (χ0n) is 20.5. The van der Waals surface area contributed by atoms with E-state index < -0.39 is 18.7 Å². The molecule has 1 aromatic rings. The van der Waals surface area contributed by atoms with Crippen molar-refractivity contribution in [3.05, 3.63) is 29.8 Å². The van der Waals surface area contributed by atoms with E-state index in [1.165, 1.54) is 39.2 Å². The molecule has 0 saturated carbocycles. The second kappa shape index (κ2) is 19.9. The third-order valence-corrected chi connectivity index (χ3v) is 5.33. The van der Waals surface area contributed by atoms with Crippen molar-refractivity contribution in [2.75, 3.05) is 32.2 Å². The first kappa shape index (κ1) is 29.5. The number of benzene rings is 1. The summed E-state index contributed by atoms with van der Waals surface area (Å²) in [5.41, 5.74) is 1.32. The number of carbonyl (C=O) groups is 2. The van der Waals surface area contributed by atoms with Gasteiger partial charge in [-0.1, -0.05) is 38.5 Å². The summed E-state index contributed by atoms with van der Waals surface area (Å²) in [4.78, 5) is 22.9. The molecule has 0 amide bonds. The Kier molecular flexibility index (Phi) is 17.2. The van der Waals surface area contributed by atoms with Crippen molar-refractivity contribution in [2.24, 2.45) is 0 Å². The molecule has 0 radical (unpaired) electrons. The van der Waals surface area contributed by atoms with Gasteiger partial charge >= 0.3 is 11.9 Å². The minimum absolute atomic E-state index is 0.109. The number of hydrogen-bond acceptors (Lipinski definition) is 7. The van der Waals surface area contributed by atoms with Gasteiger partial charge in [0.05, 0.1) is 19.3 Å². The van der Waals surface area contributed by atoms with Crippen LogP contribution in [-0.2, 0) is 14.3 Å². The molecule has 7 heteroatoms. The minimum atomic E-state index is -1.06. The summed E-state index contributed by atoms with van der Waals surface area (Å²) in [6, 6.07) is 6.96. The van der Waals surface area contributed by atoms with Gasteiger partial charge in [-0.3, -0.25) is 4.79 Å². The number of carbonyl (C=O) groups excluding carboxylic acids is 2. The van der Waals surface area contributed by atoms with Gasteiger partial charge in [-0.15, -0.1) is 11.8 Å². The monoisotopic (exact) mass is 475 g/mol. The number of aliphatic hydroxyl groups excluding tert-OH is 2. The first-order chi connectivity index (χ1) is 16.6.